The lowest BCUT2D eigenvalue weighted by atomic mass is 10.2. The van der Waals surface area contributed by atoms with E-state index in [1.807, 2.05) is 81.4 Å². The Balaban J connectivity index is 0. The third-order valence-corrected chi connectivity index (χ3v) is 11.7. The number of amides is 8. The van der Waals surface area contributed by atoms with Gasteiger partial charge >= 0.3 is 71.9 Å². The number of hydrogen-bond donors (Lipinski definition) is 8. The van der Waals surface area contributed by atoms with Gasteiger partial charge in [0.25, 0.3) is 0 Å². The van der Waals surface area contributed by atoms with Crippen molar-refractivity contribution in [2.24, 2.45) is 0 Å². The van der Waals surface area contributed by atoms with Crippen molar-refractivity contribution in [1.29, 1.82) is 0 Å². The Labute approximate surface area is 552 Å². The van der Waals surface area contributed by atoms with Crippen molar-refractivity contribution in [3.05, 3.63) is 120 Å². The van der Waals surface area contributed by atoms with Crippen LogP contribution in [0.2, 0.25) is 0 Å². The molecular weight excluding hydrogens is 1220 g/mol. The Kier molecular flexibility index (Phi) is 57.0. The van der Waals surface area contributed by atoms with Crippen LogP contribution in [0, 0.1) is 0 Å². The van der Waals surface area contributed by atoms with Gasteiger partial charge < -0.3 is 80.4 Å². The van der Waals surface area contributed by atoms with Gasteiger partial charge in [-0.2, -0.15) is 0 Å². The molecule has 0 unspecified atom stereocenters. The minimum atomic E-state index is -0.603. The molecule has 0 saturated carbocycles. The maximum atomic E-state index is 11.6. The molecule has 2 aromatic carbocycles. The van der Waals surface area contributed by atoms with Crippen LogP contribution >= 0.6 is 0 Å². The van der Waals surface area contributed by atoms with Crippen molar-refractivity contribution in [1.82, 2.24) is 42.5 Å². The largest absolute Gasteiger partial charge is 0.466 e. The molecule has 0 radical (unpaired) electrons. The van der Waals surface area contributed by atoms with Crippen LogP contribution in [0.3, 0.4) is 0 Å². The summed E-state index contributed by atoms with van der Waals surface area (Å²) in [7, 11) is 4.94. The number of rotatable bonds is 41. The fourth-order valence-electron chi connectivity index (χ4n) is 6.87. The number of carbonyl (C=O) groups is 12. The van der Waals surface area contributed by atoms with Crippen molar-refractivity contribution >= 4 is 71.9 Å². The summed E-state index contributed by atoms with van der Waals surface area (Å²) in [5, 5.41) is 22.1. The van der Waals surface area contributed by atoms with Crippen LogP contribution in [0.5, 0.6) is 0 Å². The van der Waals surface area contributed by atoms with Crippen molar-refractivity contribution in [2.75, 3.05) is 87.6 Å². The average molecular weight is 1330 g/mol. The van der Waals surface area contributed by atoms with Gasteiger partial charge in [-0.3, -0.25) is 0 Å². The normalized spacial score (nSPS) is 10.3. The quantitative estimate of drug-likeness (QED) is 0.0145. The first-order chi connectivity index (χ1) is 45.3. The lowest BCUT2D eigenvalue weighted by Crippen LogP contribution is -2.39. The van der Waals surface area contributed by atoms with Gasteiger partial charge in [-0.15, -0.1) is 0 Å². The molecule has 0 aliphatic carbocycles. The molecule has 28 nitrogen and oxygen atoms in total. The van der Waals surface area contributed by atoms with Crippen LogP contribution in [0.4, 0.5) is 19.2 Å². The summed E-state index contributed by atoms with van der Waals surface area (Å²) in [5.41, 5.74) is 2.10. The second kappa shape index (κ2) is 62.1. The topological polar surface area (TPSA) is 375 Å². The number of esters is 8. The van der Waals surface area contributed by atoms with E-state index >= 15 is 0 Å². The number of methoxy groups -OCH3 is 4. The molecule has 2 rings (SSSR count). The number of unbranched alkanes of at least 4 members (excludes halogenated alkanes) is 11. The fraction of sp³-hybridized carbons (Fsp3) is 0.515. The standard InChI is InChI=1S/C19H26N2O5.C18H24N2O5.C15H26N2O5.C14H24N2O5/c1-25-17(22)11-12-18(23)26-14-8-3-2-7-13-20-19(24)21-15-16-9-5-4-6-10-16;1-24-16(21)10-11-17(22)25-13-7-3-6-12-19-18(23)20-14-15-8-4-2-5-9-15;1-12(2)17-15(20)16-10-6-4-5-7-11-22-14(19)9-8-13(18)21-3;1-3-15-14(19)16-10-6-4-5-7-11-21-13(18)9-8-12(17)20-2/h4-6,9-12H,2-3,7-8,13-15H2,1H3,(H2,20,21,24);2,4-5,8-11H,3,6-7,12-14H2,1H3,(H2,19,20,23);8-9,12H,4-7,10-11H2,1-3H3,(H2,16,17,20);8-9H,3-7,10-11H2,1-2H3,(H2,15,16,19)/b12-11+;11-10+;2*9-8+. The Morgan fingerprint density at radius 3 is 0.830 bits per heavy atom. The van der Waals surface area contributed by atoms with Crippen LogP contribution in [-0.4, -0.2) is 166 Å². The van der Waals surface area contributed by atoms with Crippen LogP contribution in [0.1, 0.15) is 128 Å². The first-order valence-electron chi connectivity index (χ1n) is 31.2. The molecule has 8 amide bonds. The first kappa shape index (κ1) is 86.3. The van der Waals surface area contributed by atoms with Gasteiger partial charge in [0.15, 0.2) is 0 Å². The third kappa shape index (κ3) is 61.1. The molecule has 0 aliphatic rings. The number of nitrogens with one attached hydrogen (secondary N) is 8. The summed E-state index contributed by atoms with van der Waals surface area (Å²) in [5.74, 6) is -4.64. The molecule has 0 saturated heterocycles. The summed E-state index contributed by atoms with van der Waals surface area (Å²) < 4.78 is 37.1. The molecule has 0 atom stereocenters. The molecule has 8 N–H and O–H groups in total. The minimum absolute atomic E-state index is 0.128. The molecule has 0 fully saturated rings. The maximum absolute atomic E-state index is 11.6. The van der Waals surface area contributed by atoms with Crippen LogP contribution in [0.25, 0.3) is 0 Å². The van der Waals surface area contributed by atoms with Gasteiger partial charge in [0.05, 0.1) is 54.9 Å². The Bertz CT molecular complexity index is 2580. The Morgan fingerprint density at radius 1 is 0.319 bits per heavy atom. The summed E-state index contributed by atoms with van der Waals surface area (Å²) >= 11 is 0. The van der Waals surface area contributed by atoms with Gasteiger partial charge in [0.1, 0.15) is 0 Å². The third-order valence-electron chi connectivity index (χ3n) is 11.7. The van der Waals surface area contributed by atoms with Crippen LogP contribution in [-0.2, 0) is 89.3 Å². The SMILES string of the molecule is CCNC(=O)NCCCCCCOC(=O)/C=C/C(=O)OC.COC(=O)/C=C/C(=O)OCCCCCCNC(=O)NC(C)C.COC(=O)/C=C/C(=O)OCCCCCCNC(=O)NCc1ccccc1.COC(=O)/C=C/C(=O)OCCCCCNC(=O)NCc1ccccc1. The molecule has 0 spiro atoms. The van der Waals surface area contributed by atoms with E-state index in [1.165, 1.54) is 28.4 Å². The van der Waals surface area contributed by atoms with E-state index in [2.05, 4.69) is 61.5 Å². The van der Waals surface area contributed by atoms with E-state index in [9.17, 15) is 57.5 Å². The van der Waals surface area contributed by atoms with Gasteiger partial charge in [0.2, 0.25) is 0 Å². The summed E-state index contributed by atoms with van der Waals surface area (Å²) in [6.45, 7) is 10.9. The highest BCUT2D eigenvalue weighted by Gasteiger charge is 2.07. The van der Waals surface area contributed by atoms with E-state index in [1.54, 1.807) is 0 Å². The monoisotopic (exact) mass is 1320 g/mol. The van der Waals surface area contributed by atoms with E-state index < -0.39 is 47.8 Å². The number of urea groups is 4. The summed E-state index contributed by atoms with van der Waals surface area (Å²) in [6.07, 6.45) is 20.9. The number of ether oxygens (including phenoxy) is 8. The predicted molar refractivity (Wildman–Crippen MR) is 350 cm³/mol. The molecule has 0 aromatic heterocycles. The lowest BCUT2D eigenvalue weighted by Gasteiger charge is -2.09. The highest BCUT2D eigenvalue weighted by Crippen LogP contribution is 2.04. The highest BCUT2D eigenvalue weighted by molar-refractivity contribution is 5.93. The zero-order valence-electron chi connectivity index (χ0n) is 55.5. The zero-order chi connectivity index (χ0) is 70.1. The molecular formula is C66H100N8O20. The van der Waals surface area contributed by atoms with Crippen LogP contribution < -0.4 is 42.5 Å². The molecule has 0 bridgehead atoms. The van der Waals surface area contributed by atoms with Crippen molar-refractivity contribution < 1.29 is 95.4 Å². The number of benzene rings is 2. The van der Waals surface area contributed by atoms with Crippen molar-refractivity contribution in [3.8, 4) is 0 Å². The number of hydrogen-bond acceptors (Lipinski definition) is 20. The Hall–Kier alpha value is -9.76. The molecule has 524 valence electrons. The first-order valence-corrected chi connectivity index (χ1v) is 31.2. The predicted octanol–water partition coefficient (Wildman–Crippen LogP) is 6.91. The van der Waals surface area contributed by atoms with E-state index in [0.29, 0.717) is 72.1 Å². The highest BCUT2D eigenvalue weighted by atomic mass is 16.6. The summed E-state index contributed by atoms with van der Waals surface area (Å²) in [6, 6.07) is 18.8. The molecule has 94 heavy (non-hydrogen) atoms. The summed E-state index contributed by atoms with van der Waals surface area (Å²) in [4.78, 5) is 134. The smallest absolute Gasteiger partial charge is 0.331 e. The van der Waals surface area contributed by atoms with E-state index in [0.717, 1.165) is 150 Å². The van der Waals surface area contributed by atoms with Gasteiger partial charge in [0, 0.05) is 100 Å². The van der Waals surface area contributed by atoms with Gasteiger partial charge in [-0.25, -0.2) is 57.5 Å². The maximum Gasteiger partial charge on any atom is 0.331 e. The zero-order valence-corrected chi connectivity index (χ0v) is 55.5. The van der Waals surface area contributed by atoms with E-state index in [-0.39, 0.29) is 36.8 Å². The second-order valence-corrected chi connectivity index (χ2v) is 19.9. The van der Waals surface area contributed by atoms with Crippen molar-refractivity contribution in [2.45, 2.75) is 136 Å². The molecule has 0 aliphatic heterocycles. The van der Waals surface area contributed by atoms with E-state index in [4.69, 9.17) is 18.9 Å². The molecule has 0 heterocycles. The second-order valence-electron chi connectivity index (χ2n) is 19.9. The fourth-order valence-corrected chi connectivity index (χ4v) is 6.87. The number of carbonyl (C=O) groups excluding carboxylic acids is 12. The van der Waals surface area contributed by atoms with Crippen molar-refractivity contribution in [3.63, 3.8) is 0 Å². The van der Waals surface area contributed by atoms with Crippen LogP contribution in [0.15, 0.2) is 109 Å². The van der Waals surface area contributed by atoms with Gasteiger partial charge in [-0.05, 0) is 109 Å². The molecule has 28 heteroatoms. The molecule has 2 aromatic rings. The lowest BCUT2D eigenvalue weighted by molar-refractivity contribution is -0.139. The minimum Gasteiger partial charge on any atom is -0.466 e. The average Bonchev–Trinajstić information content (AvgIpc) is 3.78. The Morgan fingerprint density at radius 2 is 0.564 bits per heavy atom. The van der Waals surface area contributed by atoms with Gasteiger partial charge in [-0.1, -0.05) is 79.9 Å².